The summed E-state index contributed by atoms with van der Waals surface area (Å²) in [6.45, 7) is 2.31. The summed E-state index contributed by atoms with van der Waals surface area (Å²) < 4.78 is 37.2. The van der Waals surface area contributed by atoms with Gasteiger partial charge in [0.2, 0.25) is 0 Å². The van der Waals surface area contributed by atoms with E-state index in [1.54, 1.807) is 18.2 Å². The lowest BCUT2D eigenvalue weighted by atomic mass is 10.3. The number of halogens is 3. The molecule has 1 aromatic heterocycles. The van der Waals surface area contributed by atoms with Gasteiger partial charge in [0.05, 0.1) is 6.54 Å². The molecular formula is C12H11F3N2S2. The number of thiazole rings is 1. The summed E-state index contributed by atoms with van der Waals surface area (Å²) in [5.74, 6) is 0. The van der Waals surface area contributed by atoms with E-state index in [-0.39, 0.29) is 16.7 Å². The van der Waals surface area contributed by atoms with Crippen molar-refractivity contribution >= 4 is 28.8 Å². The molecular weight excluding hydrogens is 293 g/mol. The van der Waals surface area contributed by atoms with Gasteiger partial charge in [0.1, 0.15) is 5.01 Å². The van der Waals surface area contributed by atoms with Crippen LogP contribution in [0.15, 0.2) is 34.5 Å². The molecule has 0 saturated carbocycles. The third kappa shape index (κ3) is 4.43. The molecule has 0 aliphatic rings. The molecule has 2 rings (SSSR count). The van der Waals surface area contributed by atoms with Gasteiger partial charge in [-0.25, -0.2) is 4.98 Å². The maximum absolute atomic E-state index is 12.4. The molecule has 2 nitrogen and oxygen atoms in total. The number of aryl methyl sites for hydroxylation is 1. The van der Waals surface area contributed by atoms with Crippen molar-refractivity contribution in [2.24, 2.45) is 0 Å². The standard InChI is InChI=1S/C12H11F3N2S2/c1-8-7-18-11(17-8)6-16-9-4-2-3-5-10(9)19-12(13,14)15/h2-5,7,16H,6H2,1H3. The first-order valence-corrected chi connectivity index (χ1v) is 7.13. The van der Waals surface area contributed by atoms with Crippen molar-refractivity contribution < 1.29 is 13.2 Å². The van der Waals surface area contributed by atoms with Gasteiger partial charge in [0.25, 0.3) is 0 Å². The molecule has 0 aliphatic heterocycles. The van der Waals surface area contributed by atoms with E-state index in [0.717, 1.165) is 10.7 Å². The van der Waals surface area contributed by atoms with E-state index in [4.69, 9.17) is 0 Å². The Bertz CT molecular complexity index is 552. The molecule has 0 amide bonds. The van der Waals surface area contributed by atoms with Crippen LogP contribution in [0.25, 0.3) is 0 Å². The highest BCUT2D eigenvalue weighted by molar-refractivity contribution is 8.00. The molecule has 7 heteroatoms. The normalized spacial score (nSPS) is 11.6. The van der Waals surface area contributed by atoms with Crippen molar-refractivity contribution in [3.05, 3.63) is 40.3 Å². The Morgan fingerprint density at radius 1 is 1.32 bits per heavy atom. The van der Waals surface area contributed by atoms with Gasteiger partial charge >= 0.3 is 5.51 Å². The highest BCUT2D eigenvalue weighted by Gasteiger charge is 2.30. The van der Waals surface area contributed by atoms with E-state index in [1.165, 1.54) is 17.4 Å². The molecule has 1 N–H and O–H groups in total. The first-order chi connectivity index (χ1) is 8.94. The molecule has 2 aromatic rings. The van der Waals surface area contributed by atoms with E-state index < -0.39 is 5.51 Å². The van der Waals surface area contributed by atoms with Gasteiger partial charge in [-0.15, -0.1) is 11.3 Å². The van der Waals surface area contributed by atoms with Crippen molar-refractivity contribution in [1.29, 1.82) is 0 Å². The minimum atomic E-state index is -4.28. The number of para-hydroxylation sites is 1. The van der Waals surface area contributed by atoms with Gasteiger partial charge in [-0.1, -0.05) is 12.1 Å². The Morgan fingerprint density at radius 2 is 2.05 bits per heavy atom. The molecule has 0 aliphatic carbocycles. The van der Waals surface area contributed by atoms with Crippen molar-refractivity contribution in [3.8, 4) is 0 Å². The maximum atomic E-state index is 12.4. The highest BCUT2D eigenvalue weighted by atomic mass is 32.2. The van der Waals surface area contributed by atoms with Crippen molar-refractivity contribution in [1.82, 2.24) is 4.98 Å². The average molecular weight is 304 g/mol. The van der Waals surface area contributed by atoms with E-state index >= 15 is 0 Å². The molecule has 0 atom stereocenters. The van der Waals surface area contributed by atoms with Gasteiger partial charge in [0, 0.05) is 21.7 Å². The Labute approximate surface area is 117 Å². The van der Waals surface area contributed by atoms with Gasteiger partial charge in [-0.05, 0) is 30.8 Å². The molecule has 0 saturated heterocycles. The topological polar surface area (TPSA) is 24.9 Å². The van der Waals surface area contributed by atoms with Crippen LogP contribution in [0.3, 0.4) is 0 Å². The Hall–Kier alpha value is -1.21. The second kappa shape index (κ2) is 5.83. The van der Waals surface area contributed by atoms with E-state index in [9.17, 15) is 13.2 Å². The van der Waals surface area contributed by atoms with Crippen molar-refractivity contribution in [3.63, 3.8) is 0 Å². The zero-order chi connectivity index (χ0) is 13.9. The number of aromatic nitrogens is 1. The summed E-state index contributed by atoms with van der Waals surface area (Å²) in [5, 5.41) is 5.75. The van der Waals surface area contributed by atoms with Gasteiger partial charge in [-0.2, -0.15) is 13.2 Å². The minimum absolute atomic E-state index is 0.112. The first kappa shape index (κ1) is 14.2. The molecule has 1 heterocycles. The van der Waals surface area contributed by atoms with Crippen LogP contribution in [0.1, 0.15) is 10.7 Å². The number of alkyl halides is 3. The Morgan fingerprint density at radius 3 is 2.68 bits per heavy atom. The van der Waals surface area contributed by atoms with Crippen molar-refractivity contribution in [2.45, 2.75) is 23.9 Å². The molecule has 19 heavy (non-hydrogen) atoms. The van der Waals surface area contributed by atoms with Gasteiger partial charge in [0.15, 0.2) is 0 Å². The summed E-state index contributed by atoms with van der Waals surface area (Å²) in [6, 6.07) is 6.38. The number of nitrogens with zero attached hydrogens (tertiary/aromatic N) is 1. The number of nitrogens with one attached hydrogen (secondary N) is 1. The van der Waals surface area contributed by atoms with Crippen LogP contribution in [0, 0.1) is 6.92 Å². The summed E-state index contributed by atoms with van der Waals surface area (Å²) in [4.78, 5) is 4.43. The quantitative estimate of drug-likeness (QED) is 0.831. The molecule has 1 aromatic carbocycles. The number of thioether (sulfide) groups is 1. The number of anilines is 1. The lowest BCUT2D eigenvalue weighted by Crippen LogP contribution is -2.04. The largest absolute Gasteiger partial charge is 0.446 e. The van der Waals surface area contributed by atoms with Crippen molar-refractivity contribution in [2.75, 3.05) is 5.32 Å². The fourth-order valence-corrected chi connectivity index (χ4v) is 2.84. The average Bonchev–Trinajstić information content (AvgIpc) is 2.72. The summed E-state index contributed by atoms with van der Waals surface area (Å²) >= 11 is 1.37. The summed E-state index contributed by atoms with van der Waals surface area (Å²) in [5.41, 5.74) is -2.90. The fourth-order valence-electron chi connectivity index (χ4n) is 1.48. The second-order valence-corrected chi connectivity index (χ2v) is 5.83. The zero-order valence-corrected chi connectivity index (χ0v) is 11.6. The number of rotatable bonds is 4. The predicted molar refractivity (Wildman–Crippen MR) is 72.5 cm³/mol. The molecule has 0 unspecified atom stereocenters. The van der Waals surface area contributed by atoms with Gasteiger partial charge in [-0.3, -0.25) is 0 Å². The Kier molecular flexibility index (Phi) is 4.36. The molecule has 102 valence electrons. The molecule has 0 fully saturated rings. The van der Waals surface area contributed by atoms with Crippen LogP contribution in [0.5, 0.6) is 0 Å². The van der Waals surface area contributed by atoms with Gasteiger partial charge < -0.3 is 5.32 Å². The van der Waals surface area contributed by atoms with E-state index in [0.29, 0.717) is 12.2 Å². The van der Waals surface area contributed by atoms with Crippen LogP contribution >= 0.6 is 23.1 Å². The lowest BCUT2D eigenvalue weighted by molar-refractivity contribution is -0.0327. The highest BCUT2D eigenvalue weighted by Crippen LogP contribution is 2.40. The van der Waals surface area contributed by atoms with E-state index in [1.807, 2.05) is 12.3 Å². The predicted octanol–water partition coefficient (Wildman–Crippen LogP) is 4.68. The monoisotopic (exact) mass is 304 g/mol. The Balaban J connectivity index is 2.07. The number of hydrogen-bond acceptors (Lipinski definition) is 4. The second-order valence-electron chi connectivity index (χ2n) is 3.78. The summed E-state index contributed by atoms with van der Waals surface area (Å²) in [7, 11) is 0. The molecule has 0 radical (unpaired) electrons. The molecule has 0 bridgehead atoms. The zero-order valence-electron chi connectivity index (χ0n) is 9.99. The number of hydrogen-bond donors (Lipinski definition) is 1. The third-order valence-electron chi connectivity index (χ3n) is 2.21. The van der Waals surface area contributed by atoms with Crippen LogP contribution in [0.4, 0.5) is 18.9 Å². The van der Waals surface area contributed by atoms with Crippen LogP contribution < -0.4 is 5.32 Å². The van der Waals surface area contributed by atoms with Crippen LogP contribution in [0.2, 0.25) is 0 Å². The SMILES string of the molecule is Cc1csc(CNc2ccccc2SC(F)(F)F)n1. The number of benzene rings is 1. The summed E-state index contributed by atoms with van der Waals surface area (Å²) in [6.07, 6.45) is 0. The maximum Gasteiger partial charge on any atom is 0.446 e. The first-order valence-electron chi connectivity index (χ1n) is 5.44. The fraction of sp³-hybridized carbons (Fsp3) is 0.250. The minimum Gasteiger partial charge on any atom is -0.378 e. The smallest absolute Gasteiger partial charge is 0.378 e. The lowest BCUT2D eigenvalue weighted by Gasteiger charge is -2.12. The van der Waals surface area contributed by atoms with Crippen LogP contribution in [-0.4, -0.2) is 10.5 Å². The molecule has 0 spiro atoms. The van der Waals surface area contributed by atoms with Crippen LogP contribution in [-0.2, 0) is 6.54 Å². The van der Waals surface area contributed by atoms with E-state index in [2.05, 4.69) is 10.3 Å². The third-order valence-corrected chi connectivity index (χ3v) is 3.98.